The van der Waals surface area contributed by atoms with E-state index in [0.717, 1.165) is 21.5 Å². The zero-order valence-corrected chi connectivity index (χ0v) is 23.5. The molecule has 1 aliphatic heterocycles. The smallest absolute Gasteiger partial charge is 0.407 e. The number of pyridine rings is 2. The summed E-state index contributed by atoms with van der Waals surface area (Å²) in [6.45, 7) is 3.29. The Morgan fingerprint density at radius 1 is 1.26 bits per heavy atom. The van der Waals surface area contributed by atoms with Crippen LogP contribution >= 0.6 is 35.3 Å². The first-order valence-electron chi connectivity index (χ1n) is 12.2. The number of rotatable bonds is 7. The van der Waals surface area contributed by atoms with Gasteiger partial charge < -0.3 is 20.1 Å². The number of hydrogen-bond acceptors (Lipinski definition) is 8. The van der Waals surface area contributed by atoms with Gasteiger partial charge in [-0.15, -0.1) is 23.7 Å². The fourth-order valence-corrected chi connectivity index (χ4v) is 5.05. The van der Waals surface area contributed by atoms with Crippen molar-refractivity contribution in [2.45, 2.75) is 32.1 Å². The van der Waals surface area contributed by atoms with Crippen LogP contribution in [0.15, 0.2) is 60.1 Å². The lowest BCUT2D eigenvalue weighted by Gasteiger charge is -2.11. The van der Waals surface area contributed by atoms with Crippen LogP contribution in [-0.2, 0) is 11.3 Å². The molecule has 1 fully saturated rings. The van der Waals surface area contributed by atoms with E-state index in [4.69, 9.17) is 26.1 Å². The third-order valence-electron chi connectivity index (χ3n) is 5.81. The average molecular weight is 585 g/mol. The monoisotopic (exact) mass is 583 g/mol. The number of fused-ring (bicyclic) bond motifs is 1. The summed E-state index contributed by atoms with van der Waals surface area (Å²) in [5.74, 6) is 7.68. The van der Waals surface area contributed by atoms with Gasteiger partial charge in [-0.2, -0.15) is 0 Å². The van der Waals surface area contributed by atoms with Crippen molar-refractivity contribution in [2.24, 2.45) is 0 Å². The molecule has 0 bridgehead atoms. The molecule has 1 amide bonds. The minimum atomic E-state index is -0.402. The number of nitrogens with zero attached hydrogens (tertiary/aromatic N) is 2. The first-order chi connectivity index (χ1) is 18.6. The maximum Gasteiger partial charge on any atom is 0.407 e. The van der Waals surface area contributed by atoms with Crippen molar-refractivity contribution in [1.29, 1.82) is 0 Å². The minimum absolute atomic E-state index is 0. The highest BCUT2D eigenvalue weighted by molar-refractivity contribution is 7.17. The standard InChI is InChI=1S/C28H26ClN5O3S.ClH/c1-2-30-28(35)37-22-13-18(32-16-22)6-7-20-15-26-23(10-12-38-26)27(34-20)33-19-8-9-25(24(29)14-19)36-17-21-5-3-4-11-31-21;/h3-5,8-12,14-15,18,22,32H,2,13,16-17H2,1H3,(H,30,35)(H,33,34);1H/t18-,22+;/m1./s1. The second-order valence-electron chi connectivity index (χ2n) is 8.59. The van der Waals surface area contributed by atoms with Crippen LogP contribution in [0.5, 0.6) is 5.75 Å². The molecule has 2 atom stereocenters. The normalized spacial score (nSPS) is 16.1. The van der Waals surface area contributed by atoms with Gasteiger partial charge in [-0.25, -0.2) is 9.78 Å². The lowest BCUT2D eigenvalue weighted by atomic mass is 10.2. The molecule has 1 aromatic carbocycles. The second kappa shape index (κ2) is 13.5. The molecule has 0 saturated carbocycles. The molecular formula is C28H27Cl2N5O3S. The maximum absolute atomic E-state index is 11.7. The number of anilines is 2. The third kappa shape index (κ3) is 7.52. The summed E-state index contributed by atoms with van der Waals surface area (Å²) in [6.07, 6.45) is 1.75. The van der Waals surface area contributed by atoms with Crippen LogP contribution in [0.2, 0.25) is 5.02 Å². The topological polar surface area (TPSA) is 97.4 Å². The van der Waals surface area contributed by atoms with Crippen molar-refractivity contribution in [1.82, 2.24) is 20.6 Å². The molecule has 4 aromatic rings. The SMILES string of the molecule is CCNC(=O)O[C@@H]1CN[C@H](C#Cc2cc3sccc3c(Nc3ccc(OCc4ccccn4)c(Cl)c3)n2)C1.Cl. The number of carbonyl (C=O) groups is 1. The zero-order valence-electron chi connectivity index (χ0n) is 21.1. The zero-order chi connectivity index (χ0) is 26.3. The lowest BCUT2D eigenvalue weighted by molar-refractivity contribution is 0.107. The molecule has 202 valence electrons. The number of alkyl carbamates (subject to hydrolysis) is 1. The highest BCUT2D eigenvalue weighted by atomic mass is 35.5. The van der Waals surface area contributed by atoms with Gasteiger partial charge in [0.15, 0.2) is 0 Å². The van der Waals surface area contributed by atoms with Crippen molar-refractivity contribution in [3.8, 4) is 17.6 Å². The maximum atomic E-state index is 11.7. The van der Waals surface area contributed by atoms with Crippen molar-refractivity contribution >= 4 is 63.0 Å². The van der Waals surface area contributed by atoms with Crippen molar-refractivity contribution in [3.63, 3.8) is 0 Å². The summed E-state index contributed by atoms with van der Waals surface area (Å²) in [5.41, 5.74) is 2.26. The number of benzene rings is 1. The summed E-state index contributed by atoms with van der Waals surface area (Å²) in [5, 5.41) is 12.8. The van der Waals surface area contributed by atoms with Crippen LogP contribution in [0.25, 0.3) is 10.1 Å². The summed E-state index contributed by atoms with van der Waals surface area (Å²) in [6, 6.07) is 15.1. The molecule has 8 nitrogen and oxygen atoms in total. The summed E-state index contributed by atoms with van der Waals surface area (Å²) < 4.78 is 12.3. The van der Waals surface area contributed by atoms with Gasteiger partial charge in [-0.3, -0.25) is 10.3 Å². The Bertz CT molecular complexity index is 1490. The molecule has 0 unspecified atom stereocenters. The summed E-state index contributed by atoms with van der Waals surface area (Å²) >= 11 is 8.13. The van der Waals surface area contributed by atoms with Crippen LogP contribution < -0.4 is 20.7 Å². The molecule has 0 radical (unpaired) electrons. The van der Waals surface area contributed by atoms with E-state index < -0.39 is 6.09 Å². The van der Waals surface area contributed by atoms with Crippen LogP contribution in [0.4, 0.5) is 16.3 Å². The van der Waals surface area contributed by atoms with Crippen LogP contribution in [0, 0.1) is 11.8 Å². The highest BCUT2D eigenvalue weighted by Crippen LogP contribution is 2.33. The van der Waals surface area contributed by atoms with Gasteiger partial charge in [0.25, 0.3) is 0 Å². The van der Waals surface area contributed by atoms with Crippen LogP contribution in [0.1, 0.15) is 24.7 Å². The number of nitrogens with one attached hydrogen (secondary N) is 3. The highest BCUT2D eigenvalue weighted by Gasteiger charge is 2.25. The van der Waals surface area contributed by atoms with E-state index in [1.54, 1.807) is 17.5 Å². The van der Waals surface area contributed by atoms with Gasteiger partial charge in [-0.1, -0.05) is 23.6 Å². The van der Waals surface area contributed by atoms with Gasteiger partial charge in [-0.05, 0) is 60.7 Å². The molecule has 5 rings (SSSR count). The Balaban J connectivity index is 0.00000353. The van der Waals surface area contributed by atoms with E-state index in [2.05, 4.69) is 32.8 Å². The van der Waals surface area contributed by atoms with E-state index >= 15 is 0 Å². The first kappa shape index (κ1) is 28.5. The number of carbonyl (C=O) groups excluding carboxylic acids is 1. The van der Waals surface area contributed by atoms with E-state index in [-0.39, 0.29) is 24.6 Å². The van der Waals surface area contributed by atoms with E-state index in [1.165, 1.54) is 0 Å². The first-order valence-corrected chi connectivity index (χ1v) is 13.5. The van der Waals surface area contributed by atoms with Gasteiger partial charge in [0.1, 0.15) is 30.0 Å². The summed E-state index contributed by atoms with van der Waals surface area (Å²) in [7, 11) is 0. The van der Waals surface area contributed by atoms with Crippen molar-refractivity contribution in [3.05, 3.63) is 76.5 Å². The molecule has 1 aliphatic rings. The lowest BCUT2D eigenvalue weighted by Crippen LogP contribution is -2.29. The molecule has 11 heteroatoms. The van der Waals surface area contributed by atoms with Crippen molar-refractivity contribution < 1.29 is 14.3 Å². The number of thiophene rings is 1. The Labute approximate surface area is 241 Å². The Morgan fingerprint density at radius 3 is 2.95 bits per heavy atom. The fraction of sp³-hybridized carbons (Fsp3) is 0.250. The molecule has 39 heavy (non-hydrogen) atoms. The van der Waals surface area contributed by atoms with Crippen LogP contribution in [0.3, 0.4) is 0 Å². The van der Waals surface area contributed by atoms with E-state index in [1.807, 2.05) is 60.8 Å². The second-order valence-corrected chi connectivity index (χ2v) is 9.95. The van der Waals surface area contributed by atoms with Gasteiger partial charge in [0, 0.05) is 41.5 Å². The fourth-order valence-electron chi connectivity index (χ4n) is 3.99. The molecule has 0 aliphatic carbocycles. The van der Waals surface area contributed by atoms with E-state index in [0.29, 0.717) is 48.4 Å². The minimum Gasteiger partial charge on any atom is -0.486 e. The predicted molar refractivity (Wildman–Crippen MR) is 157 cm³/mol. The number of ether oxygens (including phenoxy) is 2. The average Bonchev–Trinajstić information content (AvgIpc) is 3.57. The Hall–Kier alpha value is -3.55. The van der Waals surface area contributed by atoms with Gasteiger partial charge in [0.05, 0.1) is 16.8 Å². The molecule has 3 aromatic heterocycles. The van der Waals surface area contributed by atoms with Gasteiger partial charge in [0.2, 0.25) is 0 Å². The van der Waals surface area contributed by atoms with Crippen LogP contribution in [-0.4, -0.2) is 41.3 Å². The third-order valence-corrected chi connectivity index (χ3v) is 6.97. The number of amides is 1. The number of halogens is 2. The number of aromatic nitrogens is 2. The number of hydrogen-bond donors (Lipinski definition) is 3. The molecule has 3 N–H and O–H groups in total. The molecule has 0 spiro atoms. The quantitative estimate of drug-likeness (QED) is 0.232. The predicted octanol–water partition coefficient (Wildman–Crippen LogP) is 5.92. The largest absolute Gasteiger partial charge is 0.486 e. The molecule has 1 saturated heterocycles. The Kier molecular flexibility index (Phi) is 9.85. The van der Waals surface area contributed by atoms with E-state index in [9.17, 15) is 4.79 Å². The molecular weight excluding hydrogens is 557 g/mol. The van der Waals surface area contributed by atoms with Crippen molar-refractivity contribution in [2.75, 3.05) is 18.4 Å². The Morgan fingerprint density at radius 2 is 2.15 bits per heavy atom. The molecule has 4 heterocycles. The van der Waals surface area contributed by atoms with Gasteiger partial charge >= 0.3 is 6.09 Å². The summed E-state index contributed by atoms with van der Waals surface area (Å²) in [4.78, 5) is 20.7.